The van der Waals surface area contributed by atoms with E-state index in [2.05, 4.69) is 16.5 Å². The van der Waals surface area contributed by atoms with Crippen molar-refractivity contribution in [3.8, 4) is 0 Å². The van der Waals surface area contributed by atoms with Crippen LogP contribution in [0.4, 0.5) is 0 Å². The SMILES string of the molecule is CCOCCCC(Cc1cc(C)nn1C)NC. The standard InChI is InChI=1S/C13H25N3O/c1-5-17-8-6-7-12(14-3)10-13-9-11(2)15-16(13)4/h9,12,14H,5-8,10H2,1-4H3. The first-order valence-electron chi connectivity index (χ1n) is 6.41. The lowest BCUT2D eigenvalue weighted by Gasteiger charge is -2.16. The Morgan fingerprint density at radius 1 is 1.53 bits per heavy atom. The number of aryl methyl sites for hydroxylation is 2. The van der Waals surface area contributed by atoms with Gasteiger partial charge in [0.25, 0.3) is 0 Å². The summed E-state index contributed by atoms with van der Waals surface area (Å²) >= 11 is 0. The Bertz CT molecular complexity index is 322. The molecule has 0 fully saturated rings. The van der Waals surface area contributed by atoms with E-state index in [-0.39, 0.29) is 0 Å². The summed E-state index contributed by atoms with van der Waals surface area (Å²) in [5.74, 6) is 0. The van der Waals surface area contributed by atoms with Crippen molar-refractivity contribution in [1.82, 2.24) is 15.1 Å². The van der Waals surface area contributed by atoms with Crippen LogP contribution in [0.15, 0.2) is 6.07 Å². The smallest absolute Gasteiger partial charge is 0.0596 e. The van der Waals surface area contributed by atoms with Crippen LogP contribution in [0.25, 0.3) is 0 Å². The van der Waals surface area contributed by atoms with E-state index in [1.165, 1.54) is 5.69 Å². The van der Waals surface area contributed by atoms with Crippen molar-refractivity contribution in [2.24, 2.45) is 7.05 Å². The average Bonchev–Trinajstić information content (AvgIpc) is 2.61. The average molecular weight is 239 g/mol. The third kappa shape index (κ3) is 4.88. The lowest BCUT2D eigenvalue weighted by atomic mass is 10.1. The molecule has 0 saturated heterocycles. The number of nitrogens with one attached hydrogen (secondary N) is 1. The van der Waals surface area contributed by atoms with Gasteiger partial charge in [-0.15, -0.1) is 0 Å². The largest absolute Gasteiger partial charge is 0.382 e. The number of hydrogen-bond acceptors (Lipinski definition) is 3. The fourth-order valence-corrected chi connectivity index (χ4v) is 2.03. The van der Waals surface area contributed by atoms with Crippen LogP contribution in [0.3, 0.4) is 0 Å². The van der Waals surface area contributed by atoms with Crippen molar-refractivity contribution >= 4 is 0 Å². The minimum atomic E-state index is 0.505. The van der Waals surface area contributed by atoms with Crippen LogP contribution in [-0.4, -0.2) is 36.1 Å². The van der Waals surface area contributed by atoms with Gasteiger partial charge in [-0.3, -0.25) is 4.68 Å². The predicted molar refractivity (Wildman–Crippen MR) is 70.2 cm³/mol. The molecule has 0 bridgehead atoms. The summed E-state index contributed by atoms with van der Waals surface area (Å²) in [6.07, 6.45) is 3.27. The summed E-state index contributed by atoms with van der Waals surface area (Å²) < 4.78 is 7.34. The van der Waals surface area contributed by atoms with E-state index in [1.54, 1.807) is 0 Å². The van der Waals surface area contributed by atoms with Crippen molar-refractivity contribution in [2.45, 2.75) is 39.2 Å². The zero-order chi connectivity index (χ0) is 12.7. The van der Waals surface area contributed by atoms with Crippen LogP contribution in [0.5, 0.6) is 0 Å². The van der Waals surface area contributed by atoms with Gasteiger partial charge in [0.1, 0.15) is 0 Å². The van der Waals surface area contributed by atoms with Gasteiger partial charge in [0, 0.05) is 38.4 Å². The van der Waals surface area contributed by atoms with Gasteiger partial charge in [-0.1, -0.05) is 0 Å². The second-order valence-electron chi connectivity index (χ2n) is 4.43. The molecule has 1 atom stereocenters. The van der Waals surface area contributed by atoms with Crippen molar-refractivity contribution in [3.63, 3.8) is 0 Å². The summed E-state index contributed by atoms with van der Waals surface area (Å²) in [5.41, 5.74) is 2.38. The van der Waals surface area contributed by atoms with Gasteiger partial charge in [0.2, 0.25) is 0 Å². The molecule has 98 valence electrons. The van der Waals surface area contributed by atoms with Crippen LogP contribution in [0, 0.1) is 6.92 Å². The summed E-state index contributed by atoms with van der Waals surface area (Å²) in [6, 6.07) is 2.66. The molecule has 17 heavy (non-hydrogen) atoms. The highest BCUT2D eigenvalue weighted by Gasteiger charge is 2.10. The molecule has 1 heterocycles. The molecular weight excluding hydrogens is 214 g/mol. The maximum Gasteiger partial charge on any atom is 0.0596 e. The molecule has 1 aromatic rings. The molecule has 0 aromatic carbocycles. The maximum atomic E-state index is 5.36. The number of aromatic nitrogens is 2. The minimum Gasteiger partial charge on any atom is -0.382 e. The topological polar surface area (TPSA) is 39.1 Å². The molecule has 1 rings (SSSR count). The second-order valence-corrected chi connectivity index (χ2v) is 4.43. The summed E-state index contributed by atoms with van der Waals surface area (Å²) in [7, 11) is 4.03. The lowest BCUT2D eigenvalue weighted by Crippen LogP contribution is -2.28. The molecular formula is C13H25N3O. The Labute approximate surface area is 104 Å². The van der Waals surface area contributed by atoms with Gasteiger partial charge in [-0.05, 0) is 39.8 Å². The van der Waals surface area contributed by atoms with Gasteiger partial charge >= 0.3 is 0 Å². The van der Waals surface area contributed by atoms with Gasteiger partial charge in [-0.25, -0.2) is 0 Å². The Morgan fingerprint density at radius 2 is 2.29 bits per heavy atom. The van der Waals surface area contributed by atoms with Gasteiger partial charge in [0.15, 0.2) is 0 Å². The molecule has 0 radical (unpaired) electrons. The van der Waals surface area contributed by atoms with Crippen LogP contribution >= 0.6 is 0 Å². The zero-order valence-electron chi connectivity index (χ0n) is 11.5. The van der Waals surface area contributed by atoms with Gasteiger partial charge in [0.05, 0.1) is 5.69 Å². The molecule has 0 spiro atoms. The predicted octanol–water partition coefficient (Wildman–Crippen LogP) is 1.68. The number of nitrogens with zero attached hydrogens (tertiary/aromatic N) is 2. The van der Waals surface area contributed by atoms with E-state index in [9.17, 15) is 0 Å². The molecule has 0 saturated carbocycles. The van der Waals surface area contributed by atoms with E-state index in [4.69, 9.17) is 4.74 Å². The molecule has 0 aliphatic carbocycles. The number of hydrogen-bond donors (Lipinski definition) is 1. The van der Waals surface area contributed by atoms with Crippen molar-refractivity contribution < 1.29 is 4.74 Å². The first-order valence-corrected chi connectivity index (χ1v) is 6.41. The highest BCUT2D eigenvalue weighted by Crippen LogP contribution is 2.08. The third-order valence-electron chi connectivity index (χ3n) is 3.01. The fourth-order valence-electron chi connectivity index (χ4n) is 2.03. The highest BCUT2D eigenvalue weighted by molar-refractivity contribution is 5.09. The van der Waals surface area contributed by atoms with E-state index < -0.39 is 0 Å². The summed E-state index contributed by atoms with van der Waals surface area (Å²) in [6.45, 7) is 5.74. The molecule has 0 amide bonds. The fraction of sp³-hybridized carbons (Fsp3) is 0.769. The van der Waals surface area contributed by atoms with Gasteiger partial charge < -0.3 is 10.1 Å². The molecule has 4 nitrogen and oxygen atoms in total. The van der Waals surface area contributed by atoms with Crippen LogP contribution in [0.1, 0.15) is 31.2 Å². The third-order valence-corrected chi connectivity index (χ3v) is 3.01. The molecule has 1 unspecified atom stereocenters. The Hall–Kier alpha value is -0.870. The number of rotatable bonds is 8. The Kier molecular flexibility index (Phi) is 6.22. The Morgan fingerprint density at radius 3 is 2.82 bits per heavy atom. The zero-order valence-corrected chi connectivity index (χ0v) is 11.5. The van der Waals surface area contributed by atoms with E-state index in [0.717, 1.165) is 38.2 Å². The van der Waals surface area contributed by atoms with E-state index >= 15 is 0 Å². The summed E-state index contributed by atoms with van der Waals surface area (Å²) in [4.78, 5) is 0. The van der Waals surface area contributed by atoms with Crippen LogP contribution in [0.2, 0.25) is 0 Å². The van der Waals surface area contributed by atoms with Gasteiger partial charge in [-0.2, -0.15) is 5.10 Å². The molecule has 1 aromatic heterocycles. The molecule has 0 aliphatic heterocycles. The number of ether oxygens (including phenoxy) is 1. The highest BCUT2D eigenvalue weighted by atomic mass is 16.5. The monoisotopic (exact) mass is 239 g/mol. The normalized spacial score (nSPS) is 12.9. The van der Waals surface area contributed by atoms with Crippen LogP contribution < -0.4 is 5.32 Å². The molecule has 4 heteroatoms. The first-order chi connectivity index (χ1) is 8.17. The minimum absolute atomic E-state index is 0.505. The van der Waals surface area contributed by atoms with Crippen LogP contribution in [-0.2, 0) is 18.2 Å². The lowest BCUT2D eigenvalue weighted by molar-refractivity contribution is 0.141. The van der Waals surface area contributed by atoms with Crippen molar-refractivity contribution in [1.29, 1.82) is 0 Å². The maximum absolute atomic E-state index is 5.36. The molecule has 1 N–H and O–H groups in total. The second kappa shape index (κ2) is 7.45. The van der Waals surface area contributed by atoms with Crippen molar-refractivity contribution in [3.05, 3.63) is 17.5 Å². The first kappa shape index (κ1) is 14.2. The van der Waals surface area contributed by atoms with E-state index in [0.29, 0.717) is 6.04 Å². The molecule has 0 aliphatic rings. The summed E-state index contributed by atoms with van der Waals surface area (Å²) in [5, 5.41) is 7.74. The quantitative estimate of drug-likeness (QED) is 0.701. The van der Waals surface area contributed by atoms with E-state index in [1.807, 2.05) is 32.6 Å². The Balaban J connectivity index is 2.38. The van der Waals surface area contributed by atoms with Crippen molar-refractivity contribution in [2.75, 3.05) is 20.3 Å². The number of likely N-dealkylation sites (N-methyl/N-ethyl adjacent to an activating group) is 1.